The number of rotatable bonds is 3. The molecule has 24 heavy (non-hydrogen) atoms. The Balaban J connectivity index is 1.50. The van der Waals surface area contributed by atoms with Crippen LogP contribution in [0.25, 0.3) is 11.5 Å². The number of aromatic nitrogens is 2. The zero-order valence-corrected chi connectivity index (χ0v) is 14.1. The van der Waals surface area contributed by atoms with Crippen LogP contribution >= 0.6 is 0 Å². The molecule has 0 N–H and O–H groups in total. The Hall–Kier alpha value is -2.17. The number of aryl methyl sites for hydroxylation is 1. The molecule has 1 saturated heterocycles. The third-order valence-corrected chi connectivity index (χ3v) is 5.25. The molecule has 1 saturated carbocycles. The standard InChI is InChI=1S/C19H23N3O2/c1-13-6-5-7-14(10-13)19-20-18(21-24-19)15-11-17(23)22(12-15)16-8-3-2-4-9-16/h5-7,10,15-16H,2-4,8-9,11-12H2,1H3/t15-/m0/s1. The van der Waals surface area contributed by atoms with Crippen molar-refractivity contribution in [1.82, 2.24) is 15.0 Å². The number of hydrogen-bond donors (Lipinski definition) is 0. The second-order valence-corrected chi connectivity index (χ2v) is 7.07. The average Bonchev–Trinajstić information content (AvgIpc) is 3.22. The van der Waals surface area contributed by atoms with Gasteiger partial charge in [0, 0.05) is 30.5 Å². The van der Waals surface area contributed by atoms with Gasteiger partial charge >= 0.3 is 0 Å². The quantitative estimate of drug-likeness (QED) is 0.863. The fraction of sp³-hybridized carbons (Fsp3) is 0.526. The second kappa shape index (κ2) is 6.38. The molecule has 5 heteroatoms. The van der Waals surface area contributed by atoms with Crippen molar-refractivity contribution in [2.24, 2.45) is 0 Å². The predicted molar refractivity (Wildman–Crippen MR) is 90.4 cm³/mol. The molecule has 2 aromatic rings. The molecule has 1 amide bonds. The minimum atomic E-state index is 0.0572. The lowest BCUT2D eigenvalue weighted by atomic mass is 9.94. The van der Waals surface area contributed by atoms with Crippen LogP contribution in [0.5, 0.6) is 0 Å². The SMILES string of the molecule is Cc1cccc(-c2nc([C@H]3CC(=O)N(C4CCCCC4)C3)no2)c1. The number of carbonyl (C=O) groups is 1. The summed E-state index contributed by atoms with van der Waals surface area (Å²) in [4.78, 5) is 19.0. The van der Waals surface area contributed by atoms with E-state index in [4.69, 9.17) is 4.52 Å². The minimum Gasteiger partial charge on any atom is -0.339 e. The lowest BCUT2D eigenvalue weighted by Crippen LogP contribution is -2.37. The maximum absolute atomic E-state index is 12.4. The summed E-state index contributed by atoms with van der Waals surface area (Å²) in [7, 11) is 0. The lowest BCUT2D eigenvalue weighted by Gasteiger charge is -2.31. The first-order valence-corrected chi connectivity index (χ1v) is 8.91. The second-order valence-electron chi connectivity index (χ2n) is 7.07. The van der Waals surface area contributed by atoms with Crippen LogP contribution in [0.15, 0.2) is 28.8 Å². The van der Waals surface area contributed by atoms with Crippen LogP contribution in [0.3, 0.4) is 0 Å². The van der Waals surface area contributed by atoms with Gasteiger partial charge in [-0.3, -0.25) is 4.79 Å². The van der Waals surface area contributed by atoms with Crippen molar-refractivity contribution in [3.8, 4) is 11.5 Å². The van der Waals surface area contributed by atoms with Gasteiger partial charge in [0.2, 0.25) is 5.91 Å². The molecule has 2 fully saturated rings. The van der Waals surface area contributed by atoms with Crippen LogP contribution in [0.1, 0.15) is 55.8 Å². The molecule has 0 unspecified atom stereocenters. The number of likely N-dealkylation sites (tertiary alicyclic amines) is 1. The molecule has 1 aliphatic carbocycles. The molecule has 5 nitrogen and oxygen atoms in total. The Morgan fingerprint density at radius 1 is 1.21 bits per heavy atom. The van der Waals surface area contributed by atoms with Gasteiger partial charge in [0.25, 0.3) is 5.89 Å². The summed E-state index contributed by atoms with van der Waals surface area (Å²) in [6.07, 6.45) is 6.55. The smallest absolute Gasteiger partial charge is 0.257 e. The van der Waals surface area contributed by atoms with E-state index in [1.54, 1.807) is 0 Å². The van der Waals surface area contributed by atoms with Crippen LogP contribution in [-0.4, -0.2) is 33.5 Å². The normalized spacial score (nSPS) is 22.3. The summed E-state index contributed by atoms with van der Waals surface area (Å²) in [6.45, 7) is 2.77. The van der Waals surface area contributed by atoms with Crippen molar-refractivity contribution in [3.63, 3.8) is 0 Å². The molecule has 2 heterocycles. The first-order chi connectivity index (χ1) is 11.7. The average molecular weight is 325 g/mol. The minimum absolute atomic E-state index is 0.0572. The van der Waals surface area contributed by atoms with Crippen LogP contribution in [-0.2, 0) is 4.79 Å². The Morgan fingerprint density at radius 2 is 2.04 bits per heavy atom. The first-order valence-electron chi connectivity index (χ1n) is 8.91. The Bertz CT molecular complexity index is 734. The zero-order chi connectivity index (χ0) is 16.5. The van der Waals surface area contributed by atoms with E-state index in [1.807, 2.05) is 31.2 Å². The fourth-order valence-electron chi connectivity index (χ4n) is 3.95. The van der Waals surface area contributed by atoms with Crippen molar-refractivity contribution >= 4 is 5.91 Å². The summed E-state index contributed by atoms with van der Waals surface area (Å²) < 4.78 is 5.44. The molecule has 1 aromatic carbocycles. The van der Waals surface area contributed by atoms with Gasteiger partial charge in [0.1, 0.15) is 0 Å². The van der Waals surface area contributed by atoms with Gasteiger partial charge in [-0.05, 0) is 31.9 Å². The molecule has 1 aliphatic heterocycles. The molecule has 0 bridgehead atoms. The summed E-state index contributed by atoms with van der Waals surface area (Å²) >= 11 is 0. The Morgan fingerprint density at radius 3 is 2.83 bits per heavy atom. The van der Waals surface area contributed by atoms with E-state index in [1.165, 1.54) is 19.3 Å². The van der Waals surface area contributed by atoms with Gasteiger partial charge < -0.3 is 9.42 Å². The molecule has 1 atom stereocenters. The van der Waals surface area contributed by atoms with E-state index in [0.717, 1.165) is 30.5 Å². The zero-order valence-electron chi connectivity index (χ0n) is 14.1. The molecule has 0 spiro atoms. The Kier molecular flexibility index (Phi) is 4.08. The van der Waals surface area contributed by atoms with Crippen molar-refractivity contribution in [1.29, 1.82) is 0 Å². The van der Waals surface area contributed by atoms with E-state index in [9.17, 15) is 4.79 Å². The molecule has 126 valence electrons. The van der Waals surface area contributed by atoms with Crippen LogP contribution in [0.2, 0.25) is 0 Å². The van der Waals surface area contributed by atoms with Gasteiger partial charge in [-0.2, -0.15) is 4.98 Å². The van der Waals surface area contributed by atoms with Gasteiger partial charge in [-0.15, -0.1) is 0 Å². The summed E-state index contributed by atoms with van der Waals surface area (Å²) in [5.41, 5.74) is 2.09. The van der Waals surface area contributed by atoms with Crippen LogP contribution in [0.4, 0.5) is 0 Å². The van der Waals surface area contributed by atoms with E-state index in [2.05, 4.69) is 15.0 Å². The number of carbonyl (C=O) groups excluding carboxylic acids is 1. The highest BCUT2D eigenvalue weighted by Gasteiger charge is 2.37. The maximum Gasteiger partial charge on any atom is 0.257 e. The van der Waals surface area contributed by atoms with Gasteiger partial charge in [-0.1, -0.05) is 42.1 Å². The predicted octanol–water partition coefficient (Wildman–Crippen LogP) is 3.69. The third-order valence-electron chi connectivity index (χ3n) is 5.25. The van der Waals surface area contributed by atoms with Crippen molar-refractivity contribution in [2.75, 3.05) is 6.54 Å². The number of amides is 1. The molecule has 4 rings (SSSR count). The molecule has 1 aromatic heterocycles. The summed E-state index contributed by atoms with van der Waals surface area (Å²) in [5.74, 6) is 1.51. The third kappa shape index (κ3) is 2.95. The number of benzene rings is 1. The van der Waals surface area contributed by atoms with Crippen LogP contribution in [0, 0.1) is 6.92 Å². The van der Waals surface area contributed by atoms with E-state index >= 15 is 0 Å². The highest BCUT2D eigenvalue weighted by molar-refractivity contribution is 5.80. The molecular weight excluding hydrogens is 302 g/mol. The van der Waals surface area contributed by atoms with E-state index < -0.39 is 0 Å². The van der Waals surface area contributed by atoms with E-state index in [-0.39, 0.29) is 11.8 Å². The summed E-state index contributed by atoms with van der Waals surface area (Å²) in [5, 5.41) is 4.15. The first kappa shape index (κ1) is 15.4. The fourth-order valence-corrected chi connectivity index (χ4v) is 3.95. The molecule has 0 radical (unpaired) electrons. The maximum atomic E-state index is 12.4. The highest BCUT2D eigenvalue weighted by atomic mass is 16.5. The van der Waals surface area contributed by atoms with E-state index in [0.29, 0.717) is 24.2 Å². The monoisotopic (exact) mass is 325 g/mol. The largest absolute Gasteiger partial charge is 0.339 e. The molecular formula is C19H23N3O2. The highest BCUT2D eigenvalue weighted by Crippen LogP contribution is 2.33. The topological polar surface area (TPSA) is 59.2 Å². The number of nitrogens with zero attached hydrogens (tertiary/aromatic N) is 3. The number of hydrogen-bond acceptors (Lipinski definition) is 4. The van der Waals surface area contributed by atoms with Crippen molar-refractivity contribution < 1.29 is 9.32 Å². The summed E-state index contributed by atoms with van der Waals surface area (Å²) in [6, 6.07) is 8.44. The van der Waals surface area contributed by atoms with Crippen molar-refractivity contribution in [3.05, 3.63) is 35.7 Å². The lowest BCUT2D eigenvalue weighted by molar-refractivity contribution is -0.130. The molecule has 2 aliphatic rings. The van der Waals surface area contributed by atoms with Gasteiger partial charge in [-0.25, -0.2) is 0 Å². The Labute approximate surface area is 142 Å². The van der Waals surface area contributed by atoms with Crippen LogP contribution < -0.4 is 0 Å². The van der Waals surface area contributed by atoms with Crippen molar-refractivity contribution in [2.45, 2.75) is 57.4 Å². The van der Waals surface area contributed by atoms with Gasteiger partial charge in [0.05, 0.1) is 0 Å². The van der Waals surface area contributed by atoms with Gasteiger partial charge in [0.15, 0.2) is 5.82 Å².